The average molecular weight is 435 g/mol. The van der Waals surface area contributed by atoms with E-state index < -0.39 is 6.04 Å². The number of carbonyl (C=O) groups is 2. The lowest BCUT2D eigenvalue weighted by molar-refractivity contribution is -0.140. The molecule has 156 valence electrons. The van der Waals surface area contributed by atoms with Crippen LogP contribution in [-0.4, -0.2) is 29.3 Å². The van der Waals surface area contributed by atoms with Gasteiger partial charge in [0.15, 0.2) is 0 Å². The number of nitrogens with zero attached hydrogens (tertiary/aromatic N) is 1. The highest BCUT2D eigenvalue weighted by Crippen LogP contribution is 2.24. The van der Waals surface area contributed by atoms with E-state index in [2.05, 4.69) is 11.4 Å². The Morgan fingerprint density at radius 1 is 1.07 bits per heavy atom. The lowest BCUT2D eigenvalue weighted by Gasteiger charge is -2.29. The number of aryl methyl sites for hydroxylation is 2. The average Bonchev–Trinajstić information content (AvgIpc) is 2.64. The summed E-state index contributed by atoms with van der Waals surface area (Å²) >= 11 is 12.3. The van der Waals surface area contributed by atoms with Crippen molar-refractivity contribution >= 4 is 35.0 Å². The van der Waals surface area contributed by atoms with Crippen molar-refractivity contribution in [2.75, 3.05) is 6.54 Å². The molecular weight excluding hydrogens is 407 g/mol. The van der Waals surface area contributed by atoms with E-state index >= 15 is 0 Å². The molecule has 29 heavy (non-hydrogen) atoms. The number of amides is 2. The molecule has 0 spiro atoms. The summed E-state index contributed by atoms with van der Waals surface area (Å²) in [7, 11) is 0. The largest absolute Gasteiger partial charge is 0.354 e. The molecule has 1 atom stereocenters. The lowest BCUT2D eigenvalue weighted by Crippen LogP contribution is -2.48. The van der Waals surface area contributed by atoms with Gasteiger partial charge in [-0.05, 0) is 50.5 Å². The zero-order valence-corrected chi connectivity index (χ0v) is 18.9. The first-order chi connectivity index (χ1) is 13.7. The van der Waals surface area contributed by atoms with E-state index in [0.717, 1.165) is 28.7 Å². The molecule has 0 aliphatic carbocycles. The maximum atomic E-state index is 13.2. The third kappa shape index (κ3) is 6.76. The Kier molecular flexibility index (Phi) is 8.54. The van der Waals surface area contributed by atoms with Crippen molar-refractivity contribution in [1.29, 1.82) is 0 Å². The van der Waals surface area contributed by atoms with Crippen LogP contribution in [0, 0.1) is 13.8 Å². The summed E-state index contributed by atoms with van der Waals surface area (Å²) < 4.78 is 0. The second-order valence-corrected chi connectivity index (χ2v) is 8.24. The Bertz CT molecular complexity index is 863. The van der Waals surface area contributed by atoms with Crippen molar-refractivity contribution in [2.45, 2.75) is 53.1 Å². The minimum Gasteiger partial charge on any atom is -0.354 e. The van der Waals surface area contributed by atoms with E-state index in [-0.39, 0.29) is 24.8 Å². The monoisotopic (exact) mass is 434 g/mol. The molecule has 2 aromatic carbocycles. The zero-order chi connectivity index (χ0) is 21.6. The molecule has 0 fully saturated rings. The number of benzene rings is 2. The van der Waals surface area contributed by atoms with Gasteiger partial charge in [0.2, 0.25) is 11.8 Å². The minimum atomic E-state index is -0.619. The highest BCUT2D eigenvalue weighted by Gasteiger charge is 2.26. The summed E-state index contributed by atoms with van der Waals surface area (Å²) in [5.74, 6) is -0.300. The van der Waals surface area contributed by atoms with Gasteiger partial charge in [-0.3, -0.25) is 9.59 Å². The van der Waals surface area contributed by atoms with Crippen molar-refractivity contribution in [3.8, 4) is 0 Å². The van der Waals surface area contributed by atoms with Crippen LogP contribution in [0.25, 0.3) is 0 Å². The minimum absolute atomic E-state index is 0.125. The van der Waals surface area contributed by atoms with E-state index in [1.807, 2.05) is 32.9 Å². The van der Waals surface area contributed by atoms with Crippen LogP contribution < -0.4 is 5.32 Å². The molecule has 1 N–H and O–H groups in total. The third-order valence-electron chi connectivity index (χ3n) is 4.71. The number of hydrogen-bond acceptors (Lipinski definition) is 2. The molecule has 0 aliphatic heterocycles. The summed E-state index contributed by atoms with van der Waals surface area (Å²) in [4.78, 5) is 27.4. The van der Waals surface area contributed by atoms with Crippen molar-refractivity contribution in [3.63, 3.8) is 0 Å². The SMILES string of the molecule is CCCNC(=O)[C@H](C)N(Cc1ccc(Cl)cc1Cl)C(=O)Cc1cc(C)cc(C)c1. The summed E-state index contributed by atoms with van der Waals surface area (Å²) in [6.45, 7) is 8.56. The first-order valence-electron chi connectivity index (χ1n) is 9.79. The van der Waals surface area contributed by atoms with Crippen LogP contribution in [-0.2, 0) is 22.6 Å². The Morgan fingerprint density at radius 2 is 1.72 bits per heavy atom. The Morgan fingerprint density at radius 3 is 2.31 bits per heavy atom. The summed E-state index contributed by atoms with van der Waals surface area (Å²) in [6, 6.07) is 10.6. The van der Waals surface area contributed by atoms with E-state index in [9.17, 15) is 9.59 Å². The third-order valence-corrected chi connectivity index (χ3v) is 5.30. The van der Waals surface area contributed by atoms with Crippen LogP contribution in [0.3, 0.4) is 0 Å². The van der Waals surface area contributed by atoms with Crippen LogP contribution in [0.4, 0.5) is 0 Å². The van der Waals surface area contributed by atoms with Gasteiger partial charge in [0.1, 0.15) is 6.04 Å². The van der Waals surface area contributed by atoms with Crippen LogP contribution in [0.1, 0.15) is 42.5 Å². The lowest BCUT2D eigenvalue weighted by atomic mass is 10.0. The maximum absolute atomic E-state index is 13.2. The number of halogens is 2. The molecule has 0 aliphatic rings. The Labute approximate surface area is 183 Å². The molecule has 0 unspecified atom stereocenters. The number of hydrogen-bond donors (Lipinski definition) is 1. The fraction of sp³-hybridized carbons (Fsp3) is 0.391. The van der Waals surface area contributed by atoms with Gasteiger partial charge < -0.3 is 10.2 Å². The normalized spacial score (nSPS) is 11.8. The van der Waals surface area contributed by atoms with Gasteiger partial charge in [-0.15, -0.1) is 0 Å². The second kappa shape index (κ2) is 10.7. The summed E-state index contributed by atoms with van der Waals surface area (Å²) in [6.07, 6.45) is 1.05. The summed E-state index contributed by atoms with van der Waals surface area (Å²) in [5.41, 5.74) is 3.89. The second-order valence-electron chi connectivity index (χ2n) is 7.40. The van der Waals surface area contributed by atoms with Crippen molar-refractivity contribution in [3.05, 3.63) is 68.7 Å². The number of nitrogens with one attached hydrogen (secondary N) is 1. The van der Waals surface area contributed by atoms with Gasteiger partial charge in [-0.25, -0.2) is 0 Å². The fourth-order valence-corrected chi connectivity index (χ4v) is 3.73. The first-order valence-corrected chi connectivity index (χ1v) is 10.5. The van der Waals surface area contributed by atoms with Crippen LogP contribution in [0.15, 0.2) is 36.4 Å². The maximum Gasteiger partial charge on any atom is 0.242 e. The molecule has 0 saturated heterocycles. The van der Waals surface area contributed by atoms with E-state index in [0.29, 0.717) is 16.6 Å². The molecule has 0 bridgehead atoms. The molecule has 0 radical (unpaired) electrons. The summed E-state index contributed by atoms with van der Waals surface area (Å²) in [5, 5.41) is 3.88. The van der Waals surface area contributed by atoms with Crippen molar-refractivity contribution in [2.24, 2.45) is 0 Å². The highest BCUT2D eigenvalue weighted by molar-refractivity contribution is 6.35. The molecule has 2 amide bonds. The van der Waals surface area contributed by atoms with Gasteiger partial charge in [-0.1, -0.05) is 65.5 Å². The van der Waals surface area contributed by atoms with Gasteiger partial charge >= 0.3 is 0 Å². The number of rotatable bonds is 8. The topological polar surface area (TPSA) is 49.4 Å². The van der Waals surface area contributed by atoms with Crippen molar-refractivity contribution in [1.82, 2.24) is 10.2 Å². The van der Waals surface area contributed by atoms with E-state index in [4.69, 9.17) is 23.2 Å². The smallest absolute Gasteiger partial charge is 0.242 e. The molecule has 0 heterocycles. The predicted molar refractivity (Wildman–Crippen MR) is 119 cm³/mol. The fourth-order valence-electron chi connectivity index (χ4n) is 3.26. The van der Waals surface area contributed by atoms with E-state index in [1.54, 1.807) is 30.0 Å². The zero-order valence-electron chi connectivity index (χ0n) is 17.4. The highest BCUT2D eigenvalue weighted by atomic mass is 35.5. The standard InChI is InChI=1S/C23H28Cl2N2O2/c1-5-8-26-23(29)17(4)27(14-19-6-7-20(24)13-21(19)25)22(28)12-18-10-15(2)9-16(3)11-18/h6-7,9-11,13,17H,5,8,12,14H2,1-4H3,(H,26,29)/t17-/m0/s1. The van der Waals surface area contributed by atoms with Gasteiger partial charge in [0, 0.05) is 23.1 Å². The quantitative estimate of drug-likeness (QED) is 0.628. The van der Waals surface area contributed by atoms with Crippen LogP contribution in [0.5, 0.6) is 0 Å². The van der Waals surface area contributed by atoms with E-state index in [1.165, 1.54) is 0 Å². The molecule has 6 heteroatoms. The van der Waals surface area contributed by atoms with Crippen LogP contribution >= 0.6 is 23.2 Å². The predicted octanol–water partition coefficient (Wildman–Crippen LogP) is 5.10. The molecule has 4 nitrogen and oxygen atoms in total. The Balaban J connectivity index is 2.29. The molecular formula is C23H28Cl2N2O2. The molecule has 0 aromatic heterocycles. The van der Waals surface area contributed by atoms with Gasteiger partial charge in [0.05, 0.1) is 6.42 Å². The molecule has 2 rings (SSSR count). The van der Waals surface area contributed by atoms with Gasteiger partial charge in [-0.2, -0.15) is 0 Å². The number of carbonyl (C=O) groups excluding carboxylic acids is 2. The van der Waals surface area contributed by atoms with Crippen molar-refractivity contribution < 1.29 is 9.59 Å². The van der Waals surface area contributed by atoms with Crippen LogP contribution in [0.2, 0.25) is 10.0 Å². The van der Waals surface area contributed by atoms with Gasteiger partial charge in [0.25, 0.3) is 0 Å². The Hall–Kier alpha value is -2.04. The molecule has 2 aromatic rings. The first kappa shape index (κ1) is 23.2. The molecule has 0 saturated carbocycles.